The highest BCUT2D eigenvalue weighted by molar-refractivity contribution is 6.42. The van der Waals surface area contributed by atoms with Crippen molar-refractivity contribution in [2.45, 2.75) is 38.8 Å². The smallest absolute Gasteiger partial charge is 0.262 e. The van der Waals surface area contributed by atoms with E-state index in [1.165, 1.54) is 4.57 Å². The van der Waals surface area contributed by atoms with Gasteiger partial charge in [0.15, 0.2) is 5.82 Å². The molecule has 5 rings (SSSR count). The molecule has 34 heavy (non-hydrogen) atoms. The third kappa shape index (κ3) is 4.06. The molecule has 10 heteroatoms. The molecular formula is C24H24Cl2N6O2. The average Bonchev–Trinajstić information content (AvgIpc) is 3.24. The Morgan fingerprint density at radius 3 is 2.74 bits per heavy atom. The van der Waals surface area contributed by atoms with Gasteiger partial charge in [-0.2, -0.15) is 0 Å². The van der Waals surface area contributed by atoms with E-state index in [-0.39, 0.29) is 17.5 Å². The minimum absolute atomic E-state index is 0.0974. The van der Waals surface area contributed by atoms with Gasteiger partial charge >= 0.3 is 0 Å². The summed E-state index contributed by atoms with van der Waals surface area (Å²) in [4.78, 5) is 28.2. The van der Waals surface area contributed by atoms with Gasteiger partial charge < -0.3 is 5.32 Å². The molecule has 0 saturated carbocycles. The van der Waals surface area contributed by atoms with Crippen LogP contribution < -0.4 is 10.9 Å². The highest BCUT2D eigenvalue weighted by Crippen LogP contribution is 2.27. The van der Waals surface area contributed by atoms with Crippen LogP contribution >= 0.6 is 23.2 Å². The molecule has 1 amide bonds. The van der Waals surface area contributed by atoms with Crippen molar-refractivity contribution < 1.29 is 4.79 Å². The Balaban J connectivity index is 1.48. The van der Waals surface area contributed by atoms with Gasteiger partial charge in [-0.15, -0.1) is 10.2 Å². The third-order valence-electron chi connectivity index (χ3n) is 6.39. The second-order valence-corrected chi connectivity index (χ2v) is 9.55. The number of benzene rings is 2. The van der Waals surface area contributed by atoms with Crippen LogP contribution in [0.3, 0.4) is 0 Å². The molecule has 1 aliphatic rings. The molecule has 1 saturated heterocycles. The normalized spacial score (nSPS) is 16.9. The quantitative estimate of drug-likeness (QED) is 0.455. The molecule has 1 aliphatic heterocycles. The SMILES string of the molecule is Cc1ccc2c(c1)c(=O)n(C)c1nnc(CN3CCCCC3C(=O)Nc3ccc(Cl)c(Cl)c3)n21. The number of amides is 1. The van der Waals surface area contributed by atoms with Gasteiger partial charge in [0.25, 0.3) is 5.56 Å². The van der Waals surface area contributed by atoms with Gasteiger partial charge in [0.05, 0.1) is 33.5 Å². The predicted molar refractivity (Wildman–Crippen MR) is 134 cm³/mol. The first kappa shape index (κ1) is 22.8. The van der Waals surface area contributed by atoms with Gasteiger partial charge in [-0.3, -0.25) is 23.5 Å². The molecule has 0 bridgehead atoms. The van der Waals surface area contributed by atoms with Crippen molar-refractivity contribution in [3.63, 3.8) is 0 Å². The summed E-state index contributed by atoms with van der Waals surface area (Å²) < 4.78 is 3.43. The first-order chi connectivity index (χ1) is 16.3. The van der Waals surface area contributed by atoms with E-state index in [0.29, 0.717) is 39.3 Å². The zero-order valence-corrected chi connectivity index (χ0v) is 20.4. The Kier molecular flexibility index (Phi) is 6.06. The molecule has 3 heterocycles. The Morgan fingerprint density at radius 2 is 1.94 bits per heavy atom. The molecule has 0 spiro atoms. The second kappa shape index (κ2) is 9.02. The Bertz CT molecular complexity index is 1480. The van der Waals surface area contributed by atoms with E-state index in [1.807, 2.05) is 29.5 Å². The van der Waals surface area contributed by atoms with Gasteiger partial charge in [0, 0.05) is 12.7 Å². The Labute approximate surface area is 206 Å². The average molecular weight is 499 g/mol. The first-order valence-electron chi connectivity index (χ1n) is 11.2. The van der Waals surface area contributed by atoms with Crippen LogP contribution in [0.5, 0.6) is 0 Å². The fourth-order valence-corrected chi connectivity index (χ4v) is 4.92. The summed E-state index contributed by atoms with van der Waals surface area (Å²) in [6.45, 7) is 3.15. The second-order valence-electron chi connectivity index (χ2n) is 8.74. The molecule has 1 unspecified atom stereocenters. The molecule has 1 N–H and O–H groups in total. The minimum atomic E-state index is -0.323. The first-order valence-corrected chi connectivity index (χ1v) is 11.9. The minimum Gasteiger partial charge on any atom is -0.325 e. The summed E-state index contributed by atoms with van der Waals surface area (Å²) in [5.41, 5.74) is 2.27. The summed E-state index contributed by atoms with van der Waals surface area (Å²) in [7, 11) is 1.70. The van der Waals surface area contributed by atoms with E-state index in [9.17, 15) is 9.59 Å². The van der Waals surface area contributed by atoms with E-state index >= 15 is 0 Å². The lowest BCUT2D eigenvalue weighted by Crippen LogP contribution is -2.46. The van der Waals surface area contributed by atoms with Crippen LogP contribution in [0, 0.1) is 6.92 Å². The molecular weight excluding hydrogens is 475 g/mol. The molecule has 8 nitrogen and oxygen atoms in total. The van der Waals surface area contributed by atoms with Crippen molar-refractivity contribution in [3.8, 4) is 0 Å². The number of piperidine rings is 1. The third-order valence-corrected chi connectivity index (χ3v) is 7.13. The molecule has 4 aromatic rings. The molecule has 1 fully saturated rings. The van der Waals surface area contributed by atoms with Crippen molar-refractivity contribution in [1.29, 1.82) is 0 Å². The van der Waals surface area contributed by atoms with E-state index < -0.39 is 0 Å². The Morgan fingerprint density at radius 1 is 1.12 bits per heavy atom. The summed E-state index contributed by atoms with van der Waals surface area (Å²) >= 11 is 12.1. The molecule has 176 valence electrons. The molecule has 2 aromatic carbocycles. The van der Waals surface area contributed by atoms with Crippen LogP contribution in [0.2, 0.25) is 10.0 Å². The number of rotatable bonds is 4. The number of fused-ring (bicyclic) bond motifs is 3. The highest BCUT2D eigenvalue weighted by atomic mass is 35.5. The predicted octanol–water partition coefficient (Wildman–Crippen LogP) is 4.19. The zero-order chi connectivity index (χ0) is 24.0. The lowest BCUT2D eigenvalue weighted by atomic mass is 10.0. The number of nitrogens with one attached hydrogen (secondary N) is 1. The zero-order valence-electron chi connectivity index (χ0n) is 18.9. The van der Waals surface area contributed by atoms with Crippen molar-refractivity contribution in [3.05, 3.63) is 68.2 Å². The summed E-state index contributed by atoms with van der Waals surface area (Å²) in [6.07, 6.45) is 2.70. The number of nitrogens with zero attached hydrogens (tertiary/aromatic N) is 5. The number of aromatic nitrogens is 4. The van der Waals surface area contributed by atoms with Crippen molar-refractivity contribution >= 4 is 51.5 Å². The maximum absolute atomic E-state index is 13.2. The van der Waals surface area contributed by atoms with Crippen LogP contribution in [0.4, 0.5) is 5.69 Å². The lowest BCUT2D eigenvalue weighted by molar-refractivity contribution is -0.122. The van der Waals surface area contributed by atoms with Crippen LogP contribution in [0.25, 0.3) is 16.7 Å². The van der Waals surface area contributed by atoms with Gasteiger partial charge in [-0.05, 0) is 56.6 Å². The molecule has 1 atom stereocenters. The fraction of sp³-hybridized carbons (Fsp3) is 0.333. The van der Waals surface area contributed by atoms with Crippen molar-refractivity contribution in [2.75, 3.05) is 11.9 Å². The van der Waals surface area contributed by atoms with E-state index in [2.05, 4.69) is 20.4 Å². The number of halogens is 2. The van der Waals surface area contributed by atoms with Gasteiger partial charge in [0.1, 0.15) is 0 Å². The topological polar surface area (TPSA) is 84.5 Å². The Hall–Kier alpha value is -2.94. The van der Waals surface area contributed by atoms with Crippen LogP contribution in [0.1, 0.15) is 30.7 Å². The fourth-order valence-electron chi connectivity index (χ4n) is 4.62. The number of hydrogen-bond donors (Lipinski definition) is 1. The number of anilines is 1. The molecule has 2 aromatic heterocycles. The van der Waals surface area contributed by atoms with Crippen molar-refractivity contribution in [1.82, 2.24) is 24.1 Å². The van der Waals surface area contributed by atoms with Gasteiger partial charge in [-0.1, -0.05) is 41.3 Å². The lowest BCUT2D eigenvalue weighted by Gasteiger charge is -2.34. The van der Waals surface area contributed by atoms with E-state index in [1.54, 1.807) is 25.2 Å². The molecule has 0 aliphatic carbocycles. The maximum Gasteiger partial charge on any atom is 0.262 e. The summed E-state index contributed by atoms with van der Waals surface area (Å²) in [6, 6.07) is 10.5. The number of aryl methyl sites for hydroxylation is 2. The number of likely N-dealkylation sites (tertiary alicyclic amines) is 1. The summed E-state index contributed by atoms with van der Waals surface area (Å²) in [5, 5.41) is 13.1. The van der Waals surface area contributed by atoms with Crippen molar-refractivity contribution in [2.24, 2.45) is 7.05 Å². The van der Waals surface area contributed by atoms with Crippen LogP contribution in [-0.4, -0.2) is 42.6 Å². The van der Waals surface area contributed by atoms with Gasteiger partial charge in [0.2, 0.25) is 11.7 Å². The summed E-state index contributed by atoms with van der Waals surface area (Å²) in [5.74, 6) is 1.07. The maximum atomic E-state index is 13.2. The van der Waals surface area contributed by atoms with E-state index in [4.69, 9.17) is 23.2 Å². The molecule has 0 radical (unpaired) electrons. The van der Waals surface area contributed by atoms with E-state index in [0.717, 1.165) is 36.9 Å². The van der Waals surface area contributed by atoms with Crippen LogP contribution in [-0.2, 0) is 18.4 Å². The number of carbonyl (C=O) groups is 1. The monoisotopic (exact) mass is 498 g/mol. The largest absolute Gasteiger partial charge is 0.325 e. The number of carbonyl (C=O) groups excluding carboxylic acids is 1. The standard InChI is InChI=1S/C24H24Cl2N6O2/c1-14-6-9-19-16(11-14)23(34)30(2)24-29-28-21(32(19)24)13-31-10-4-3-5-20(31)22(33)27-15-7-8-17(25)18(26)12-15/h6-9,11-12,20H,3-5,10,13H2,1-2H3,(H,27,33). The van der Waals surface area contributed by atoms with Gasteiger partial charge in [-0.25, -0.2) is 0 Å². The number of hydrogen-bond acceptors (Lipinski definition) is 5. The van der Waals surface area contributed by atoms with Crippen LogP contribution in [0.15, 0.2) is 41.2 Å². The highest BCUT2D eigenvalue weighted by Gasteiger charge is 2.30.